The number of hydrogen-bond acceptors (Lipinski definition) is 2. The third-order valence-electron chi connectivity index (χ3n) is 2.82. The average Bonchev–Trinajstić information content (AvgIpc) is 2.34. The van der Waals surface area contributed by atoms with Crippen LogP contribution in [0.2, 0.25) is 0 Å². The summed E-state index contributed by atoms with van der Waals surface area (Å²) in [5.74, 6) is -0.0638. The maximum Gasteiger partial charge on any atom is 0.250 e. The molecule has 3 nitrogen and oxygen atoms in total. The third-order valence-corrected chi connectivity index (χ3v) is 2.82. The fourth-order valence-electron chi connectivity index (χ4n) is 1.80. The number of amides is 1. The molecule has 0 spiro atoms. The van der Waals surface area contributed by atoms with E-state index in [1.165, 1.54) is 6.42 Å². The van der Waals surface area contributed by atoms with Gasteiger partial charge in [0.1, 0.15) is 0 Å². The molecule has 0 unspecified atom stereocenters. The fraction of sp³-hybridized carbons (Fsp3) is 0.615. The van der Waals surface area contributed by atoms with E-state index < -0.39 is 0 Å². The first-order valence-corrected chi connectivity index (χ1v) is 6.03. The Morgan fingerprint density at radius 2 is 2.25 bits per heavy atom. The summed E-state index contributed by atoms with van der Waals surface area (Å²) in [5, 5.41) is 11.4. The number of hydrogen-bond donors (Lipinski definition) is 2. The van der Waals surface area contributed by atoms with Gasteiger partial charge in [-0.25, -0.2) is 0 Å². The summed E-state index contributed by atoms with van der Waals surface area (Å²) < 4.78 is 0. The van der Waals surface area contributed by atoms with Gasteiger partial charge in [-0.3, -0.25) is 4.79 Å². The fourth-order valence-corrected chi connectivity index (χ4v) is 1.80. The summed E-state index contributed by atoms with van der Waals surface area (Å²) in [4.78, 5) is 11.7. The molecule has 1 aliphatic carbocycles. The highest BCUT2D eigenvalue weighted by Gasteiger charge is 2.13. The van der Waals surface area contributed by atoms with Crippen molar-refractivity contribution in [2.75, 3.05) is 13.2 Å². The first kappa shape index (κ1) is 13.0. The third kappa shape index (κ3) is 4.19. The minimum absolute atomic E-state index is 0.0638. The van der Waals surface area contributed by atoms with Crippen LogP contribution in [0.5, 0.6) is 0 Å². The molecular formula is C13H21NO2. The average molecular weight is 223 g/mol. The van der Waals surface area contributed by atoms with E-state index in [4.69, 9.17) is 5.11 Å². The largest absolute Gasteiger partial charge is 0.396 e. The molecule has 1 aliphatic rings. The molecule has 2 N–H and O–H groups in total. The summed E-state index contributed by atoms with van der Waals surface area (Å²) in [6, 6.07) is 0. The number of allylic oxidation sites excluding steroid dienone is 1. The molecule has 1 rings (SSSR count). The summed E-state index contributed by atoms with van der Waals surface area (Å²) in [6.07, 6.45) is 8.08. The van der Waals surface area contributed by atoms with Crippen LogP contribution in [-0.2, 0) is 4.79 Å². The van der Waals surface area contributed by atoms with Crippen LogP contribution in [-0.4, -0.2) is 24.2 Å². The van der Waals surface area contributed by atoms with Crippen molar-refractivity contribution in [3.8, 4) is 0 Å². The molecule has 90 valence electrons. The molecule has 1 amide bonds. The maximum atomic E-state index is 11.7. The van der Waals surface area contributed by atoms with Gasteiger partial charge in [0.15, 0.2) is 0 Å². The minimum Gasteiger partial charge on any atom is -0.396 e. The lowest BCUT2D eigenvalue weighted by Gasteiger charge is -2.14. The lowest BCUT2D eigenvalue weighted by Crippen LogP contribution is -2.26. The van der Waals surface area contributed by atoms with Crippen molar-refractivity contribution in [2.24, 2.45) is 0 Å². The van der Waals surface area contributed by atoms with Crippen LogP contribution in [0.25, 0.3) is 0 Å². The van der Waals surface area contributed by atoms with E-state index in [9.17, 15) is 4.79 Å². The maximum absolute atomic E-state index is 11.7. The second-order valence-electron chi connectivity index (χ2n) is 4.14. The van der Waals surface area contributed by atoms with E-state index in [1.54, 1.807) is 0 Å². The van der Waals surface area contributed by atoms with Crippen molar-refractivity contribution in [1.29, 1.82) is 0 Å². The number of rotatable bonds is 6. The minimum atomic E-state index is -0.0638. The highest BCUT2D eigenvalue weighted by Crippen LogP contribution is 2.22. The Morgan fingerprint density at radius 3 is 2.88 bits per heavy atom. The molecular weight excluding hydrogens is 202 g/mol. The van der Waals surface area contributed by atoms with E-state index in [-0.39, 0.29) is 12.5 Å². The van der Waals surface area contributed by atoms with Gasteiger partial charge >= 0.3 is 0 Å². The Balaban J connectivity index is 2.30. The lowest BCUT2D eigenvalue weighted by atomic mass is 9.94. The first-order chi connectivity index (χ1) is 7.75. The van der Waals surface area contributed by atoms with Crippen molar-refractivity contribution in [3.05, 3.63) is 23.8 Å². The predicted octanol–water partition coefficient (Wildman–Crippen LogP) is 1.93. The zero-order valence-electron chi connectivity index (χ0n) is 9.80. The van der Waals surface area contributed by atoms with Crippen LogP contribution < -0.4 is 5.32 Å². The smallest absolute Gasteiger partial charge is 0.250 e. The number of nitrogens with one attached hydrogen (secondary N) is 1. The zero-order valence-corrected chi connectivity index (χ0v) is 9.80. The predicted molar refractivity (Wildman–Crippen MR) is 65.0 cm³/mol. The Kier molecular flexibility index (Phi) is 5.86. The molecule has 0 saturated carbocycles. The second kappa shape index (κ2) is 7.23. The van der Waals surface area contributed by atoms with Gasteiger partial charge in [0.25, 0.3) is 5.91 Å². The van der Waals surface area contributed by atoms with Gasteiger partial charge in [-0.05, 0) is 44.1 Å². The first-order valence-electron chi connectivity index (χ1n) is 6.03. The number of carbonyl (C=O) groups excluding carboxylic acids is 1. The van der Waals surface area contributed by atoms with Crippen LogP contribution in [0.15, 0.2) is 23.8 Å². The molecule has 0 fully saturated rings. The second-order valence-corrected chi connectivity index (χ2v) is 4.14. The summed E-state index contributed by atoms with van der Waals surface area (Å²) in [5.41, 5.74) is 1.72. The zero-order chi connectivity index (χ0) is 11.8. The molecule has 16 heavy (non-hydrogen) atoms. The Morgan fingerprint density at radius 1 is 1.44 bits per heavy atom. The lowest BCUT2D eigenvalue weighted by molar-refractivity contribution is -0.117. The van der Waals surface area contributed by atoms with E-state index in [0.29, 0.717) is 12.1 Å². The van der Waals surface area contributed by atoms with Crippen LogP contribution in [0, 0.1) is 0 Å². The number of carbonyl (C=O) groups is 1. The summed E-state index contributed by atoms with van der Waals surface area (Å²) in [6.45, 7) is 4.65. The highest BCUT2D eigenvalue weighted by atomic mass is 16.2. The molecule has 0 aromatic heterocycles. The van der Waals surface area contributed by atoms with Gasteiger partial charge in [-0.1, -0.05) is 12.7 Å². The highest BCUT2D eigenvalue weighted by molar-refractivity contribution is 5.97. The van der Waals surface area contributed by atoms with Crippen molar-refractivity contribution in [1.82, 2.24) is 5.32 Å². The quantitative estimate of drug-likeness (QED) is 0.534. The topological polar surface area (TPSA) is 49.3 Å². The van der Waals surface area contributed by atoms with Crippen molar-refractivity contribution >= 4 is 5.91 Å². The standard InChI is InChI=1S/C13H21NO2/c1-11(12-7-3-2-4-8-12)13(16)14-9-5-6-10-15/h7,15H,1-6,8-10H2,(H,14,16). The molecule has 0 aliphatic heterocycles. The molecule has 0 heterocycles. The van der Waals surface area contributed by atoms with Crippen LogP contribution >= 0.6 is 0 Å². The number of aliphatic hydroxyl groups is 1. The van der Waals surface area contributed by atoms with Crippen LogP contribution in [0.3, 0.4) is 0 Å². The van der Waals surface area contributed by atoms with Crippen LogP contribution in [0.4, 0.5) is 0 Å². The Hall–Kier alpha value is -1.09. The Labute approximate surface area is 97.2 Å². The van der Waals surface area contributed by atoms with Gasteiger partial charge in [-0.15, -0.1) is 0 Å². The molecule has 0 aromatic carbocycles. The van der Waals surface area contributed by atoms with Gasteiger partial charge in [0, 0.05) is 18.7 Å². The summed E-state index contributed by atoms with van der Waals surface area (Å²) >= 11 is 0. The van der Waals surface area contributed by atoms with E-state index >= 15 is 0 Å². The molecule has 3 heteroatoms. The molecule has 0 aromatic rings. The van der Waals surface area contributed by atoms with Crippen molar-refractivity contribution in [2.45, 2.75) is 38.5 Å². The summed E-state index contributed by atoms with van der Waals surface area (Å²) in [7, 11) is 0. The van der Waals surface area contributed by atoms with Gasteiger partial charge in [0.2, 0.25) is 0 Å². The number of unbranched alkanes of at least 4 members (excludes halogenated alkanes) is 1. The van der Waals surface area contributed by atoms with E-state index in [1.807, 2.05) is 0 Å². The van der Waals surface area contributed by atoms with Gasteiger partial charge in [0.05, 0.1) is 0 Å². The van der Waals surface area contributed by atoms with E-state index in [0.717, 1.165) is 37.7 Å². The van der Waals surface area contributed by atoms with Gasteiger partial charge < -0.3 is 10.4 Å². The SMILES string of the molecule is C=C(C(=O)NCCCCO)C1=CCCCC1. The molecule has 0 radical (unpaired) electrons. The number of aliphatic hydroxyl groups excluding tert-OH is 1. The molecule has 0 bridgehead atoms. The van der Waals surface area contributed by atoms with Crippen LogP contribution in [0.1, 0.15) is 38.5 Å². The van der Waals surface area contributed by atoms with Crippen molar-refractivity contribution < 1.29 is 9.90 Å². The van der Waals surface area contributed by atoms with Gasteiger partial charge in [-0.2, -0.15) is 0 Å². The van der Waals surface area contributed by atoms with E-state index in [2.05, 4.69) is 18.0 Å². The normalized spacial score (nSPS) is 15.4. The van der Waals surface area contributed by atoms with Crippen molar-refractivity contribution in [3.63, 3.8) is 0 Å². The molecule has 0 saturated heterocycles. The monoisotopic (exact) mass is 223 g/mol. The molecule has 0 atom stereocenters. The Bertz CT molecular complexity index is 282.